The Labute approximate surface area is 237 Å². The predicted octanol–water partition coefficient (Wildman–Crippen LogP) is 5.16. The molecule has 4 aromatic rings. The molecule has 41 heavy (non-hydrogen) atoms. The molecule has 1 saturated heterocycles. The summed E-state index contributed by atoms with van der Waals surface area (Å²) in [5, 5.41) is 0.479. The van der Waals surface area contributed by atoms with Crippen LogP contribution in [0.2, 0.25) is 0 Å². The number of H-pyrrole nitrogens is 1. The van der Waals surface area contributed by atoms with Crippen LogP contribution in [0.4, 0.5) is 20.2 Å². The highest BCUT2D eigenvalue weighted by Gasteiger charge is 2.26. The van der Waals surface area contributed by atoms with Crippen LogP contribution in [0.3, 0.4) is 0 Å². The first-order chi connectivity index (χ1) is 19.6. The number of aromatic amines is 1. The van der Waals surface area contributed by atoms with Crippen LogP contribution in [0.5, 0.6) is 0 Å². The molecule has 1 aliphatic heterocycles. The molecule has 0 atom stereocenters. The van der Waals surface area contributed by atoms with Gasteiger partial charge in [-0.25, -0.2) is 17.2 Å². The highest BCUT2D eigenvalue weighted by molar-refractivity contribution is 7.92. The van der Waals surface area contributed by atoms with E-state index in [2.05, 4.69) is 14.6 Å². The number of benzene rings is 3. The number of halogens is 2. The molecule has 0 radical (unpaired) electrons. The van der Waals surface area contributed by atoms with Gasteiger partial charge in [0, 0.05) is 61.5 Å². The van der Waals surface area contributed by atoms with Gasteiger partial charge in [-0.15, -0.1) is 0 Å². The minimum absolute atomic E-state index is 0.0631. The lowest BCUT2D eigenvalue weighted by molar-refractivity contribution is -0.129. The summed E-state index contributed by atoms with van der Waals surface area (Å²) >= 11 is 0. The van der Waals surface area contributed by atoms with Crippen molar-refractivity contribution in [2.24, 2.45) is 0 Å². The quantitative estimate of drug-likeness (QED) is 0.280. The summed E-state index contributed by atoms with van der Waals surface area (Å²) < 4.78 is 56.5. The number of sulfonamides is 1. The summed E-state index contributed by atoms with van der Waals surface area (Å²) in [6, 6.07) is 15.2. The summed E-state index contributed by atoms with van der Waals surface area (Å²) in [5.74, 6) is -3.42. The molecule has 0 bridgehead atoms. The van der Waals surface area contributed by atoms with E-state index in [-0.39, 0.29) is 17.2 Å². The Hall–Kier alpha value is -4.25. The lowest BCUT2D eigenvalue weighted by Gasteiger charge is -2.35. The molecule has 0 saturated carbocycles. The number of amides is 1. The largest absolute Gasteiger partial charge is 0.368 e. The van der Waals surface area contributed by atoms with Gasteiger partial charge in [0.05, 0.1) is 17.0 Å². The van der Waals surface area contributed by atoms with Crippen LogP contribution in [-0.4, -0.2) is 61.9 Å². The average molecular weight is 581 g/mol. The number of hydrogen-bond donors (Lipinski definition) is 2. The van der Waals surface area contributed by atoms with Gasteiger partial charge < -0.3 is 14.8 Å². The van der Waals surface area contributed by atoms with Crippen molar-refractivity contribution in [1.29, 1.82) is 0 Å². The summed E-state index contributed by atoms with van der Waals surface area (Å²) in [6.07, 6.45) is 1.70. The summed E-state index contributed by atoms with van der Waals surface area (Å²) in [5.41, 5.74) is 2.10. The molecule has 1 aliphatic rings. The van der Waals surface area contributed by atoms with E-state index < -0.39 is 38.7 Å². The molecule has 214 valence electrons. The molecule has 1 amide bonds. The van der Waals surface area contributed by atoms with Crippen molar-refractivity contribution in [2.45, 2.75) is 20.3 Å². The fourth-order valence-electron chi connectivity index (χ4n) is 5.09. The van der Waals surface area contributed by atoms with E-state index in [1.54, 1.807) is 26.0 Å². The fourth-order valence-corrected chi connectivity index (χ4v) is 6.23. The lowest BCUT2D eigenvalue weighted by atomic mass is 9.98. The number of rotatable bonds is 8. The molecule has 2 N–H and O–H groups in total. The number of hydrogen-bond acceptors (Lipinski definition) is 5. The van der Waals surface area contributed by atoms with E-state index >= 15 is 4.39 Å². The van der Waals surface area contributed by atoms with Gasteiger partial charge in [0.15, 0.2) is 5.82 Å². The Bertz CT molecular complexity index is 1730. The van der Waals surface area contributed by atoms with Crippen molar-refractivity contribution in [3.63, 3.8) is 0 Å². The maximum Gasteiger partial charge on any atom is 0.232 e. The Morgan fingerprint density at radius 3 is 2.29 bits per heavy atom. The minimum atomic E-state index is -3.85. The van der Waals surface area contributed by atoms with Gasteiger partial charge in [0.2, 0.25) is 21.7 Å². The third kappa shape index (κ3) is 5.81. The zero-order valence-electron chi connectivity index (χ0n) is 22.7. The molecule has 5 rings (SSSR count). The van der Waals surface area contributed by atoms with Gasteiger partial charge in [0.1, 0.15) is 5.82 Å². The third-order valence-corrected chi connectivity index (χ3v) is 8.75. The second-order valence-corrected chi connectivity index (χ2v) is 11.9. The minimum Gasteiger partial charge on any atom is -0.368 e. The highest BCUT2D eigenvalue weighted by Crippen LogP contribution is 2.31. The first kappa shape index (κ1) is 28.3. The molecule has 8 nitrogen and oxygen atoms in total. The number of carbonyl (C=O) groups excluding carboxylic acids is 2. The molecule has 0 unspecified atom stereocenters. The molecule has 0 aliphatic carbocycles. The first-order valence-electron chi connectivity index (χ1n) is 13.3. The van der Waals surface area contributed by atoms with Gasteiger partial charge in [-0.1, -0.05) is 25.1 Å². The van der Waals surface area contributed by atoms with Crippen LogP contribution in [0.25, 0.3) is 22.0 Å². The van der Waals surface area contributed by atoms with E-state index in [0.717, 1.165) is 42.0 Å². The Kier molecular flexibility index (Phi) is 7.81. The van der Waals surface area contributed by atoms with Crippen molar-refractivity contribution in [3.8, 4) is 11.1 Å². The van der Waals surface area contributed by atoms with E-state index in [0.29, 0.717) is 30.4 Å². The topological polar surface area (TPSA) is 103 Å². The molecule has 1 fully saturated rings. The van der Waals surface area contributed by atoms with Crippen LogP contribution in [0, 0.1) is 11.6 Å². The van der Waals surface area contributed by atoms with Crippen molar-refractivity contribution in [2.75, 3.05) is 41.6 Å². The van der Waals surface area contributed by atoms with E-state index in [4.69, 9.17) is 0 Å². The fraction of sp³-hybridized carbons (Fsp3) is 0.267. The van der Waals surface area contributed by atoms with Crippen LogP contribution in [0.1, 0.15) is 36.2 Å². The number of nitrogens with zero attached hydrogens (tertiary/aromatic N) is 2. The Balaban J connectivity index is 1.42. The maximum absolute atomic E-state index is 15.3. The number of carbonyl (C=O) groups is 2. The third-order valence-electron chi connectivity index (χ3n) is 7.27. The van der Waals surface area contributed by atoms with Gasteiger partial charge in [0.25, 0.3) is 0 Å². The Morgan fingerprint density at radius 1 is 0.951 bits per heavy atom. The zero-order valence-corrected chi connectivity index (χ0v) is 23.5. The van der Waals surface area contributed by atoms with Crippen LogP contribution >= 0.6 is 0 Å². The molecule has 0 spiro atoms. The van der Waals surface area contributed by atoms with E-state index in [1.807, 2.05) is 35.2 Å². The van der Waals surface area contributed by atoms with Crippen LogP contribution in [0.15, 0.2) is 60.8 Å². The molecule has 2 heterocycles. The first-order valence-corrected chi connectivity index (χ1v) is 15.0. The smallest absolute Gasteiger partial charge is 0.232 e. The van der Waals surface area contributed by atoms with Crippen molar-refractivity contribution in [3.05, 3.63) is 83.6 Å². The number of ketones is 1. The van der Waals surface area contributed by atoms with E-state index in [9.17, 15) is 22.4 Å². The van der Waals surface area contributed by atoms with Gasteiger partial charge >= 0.3 is 0 Å². The molecular formula is C30H30F2N4O4S. The van der Waals surface area contributed by atoms with Gasteiger partial charge in [-0.2, -0.15) is 0 Å². The lowest BCUT2D eigenvalue weighted by Crippen LogP contribution is -2.48. The normalized spacial score (nSPS) is 14.0. The van der Waals surface area contributed by atoms with Gasteiger partial charge in [-0.3, -0.25) is 14.3 Å². The zero-order chi connectivity index (χ0) is 29.3. The monoisotopic (exact) mass is 580 g/mol. The summed E-state index contributed by atoms with van der Waals surface area (Å²) in [6.45, 7) is 6.07. The van der Waals surface area contributed by atoms with E-state index in [1.165, 1.54) is 6.20 Å². The van der Waals surface area contributed by atoms with Crippen molar-refractivity contribution < 1.29 is 26.8 Å². The van der Waals surface area contributed by atoms with Gasteiger partial charge in [-0.05, 0) is 53.9 Å². The van der Waals surface area contributed by atoms with Crippen molar-refractivity contribution in [1.82, 2.24) is 9.88 Å². The molecular weight excluding hydrogens is 550 g/mol. The number of aromatic nitrogens is 1. The number of fused-ring (bicyclic) bond motifs is 1. The number of nitrogens with one attached hydrogen (secondary N) is 2. The second-order valence-electron chi connectivity index (χ2n) is 10.0. The molecule has 11 heteroatoms. The van der Waals surface area contributed by atoms with Crippen LogP contribution in [-0.2, 0) is 14.8 Å². The van der Waals surface area contributed by atoms with Crippen molar-refractivity contribution >= 4 is 44.0 Å². The Morgan fingerprint density at radius 2 is 1.63 bits per heavy atom. The number of anilines is 2. The SMILES string of the molecule is CCCS(=O)(=O)Nc1ccc(F)c(C(=O)c2c[nH]c3ccc(-c4ccc(N5CCN(C(C)=O)CC5)cc4)cc23)c1F. The number of piperazine rings is 1. The molecule has 3 aromatic carbocycles. The average Bonchev–Trinajstić information content (AvgIpc) is 3.38. The standard InChI is InChI=1S/C30H30F2N4O4S/c1-3-16-41(39,40)34-27-11-9-25(31)28(29(27)32)30(38)24-18-33-26-10-6-21(17-23(24)26)20-4-7-22(8-5-20)36-14-12-35(13-15-36)19(2)37/h4-11,17-18,33-34H,3,12-16H2,1-2H3. The highest BCUT2D eigenvalue weighted by atomic mass is 32.2. The molecule has 1 aromatic heterocycles. The van der Waals surface area contributed by atoms with Crippen LogP contribution < -0.4 is 9.62 Å². The summed E-state index contributed by atoms with van der Waals surface area (Å²) in [4.78, 5) is 32.1. The predicted molar refractivity (Wildman–Crippen MR) is 156 cm³/mol. The second kappa shape index (κ2) is 11.3. The summed E-state index contributed by atoms with van der Waals surface area (Å²) in [7, 11) is -3.85. The maximum atomic E-state index is 15.3.